The first-order chi connectivity index (χ1) is 19.8. The highest BCUT2D eigenvalue weighted by Crippen LogP contribution is 2.32. The van der Waals surface area contributed by atoms with Gasteiger partial charge >= 0.3 is 6.09 Å². The Labute approximate surface area is 253 Å². The molecule has 0 radical (unpaired) electrons. The second-order valence-corrected chi connectivity index (χ2v) is 12.7. The van der Waals surface area contributed by atoms with E-state index in [2.05, 4.69) is 20.0 Å². The number of benzene rings is 3. The number of ether oxygens (including phenoxy) is 1. The van der Waals surface area contributed by atoms with Crippen LogP contribution in [0.15, 0.2) is 94.9 Å². The van der Waals surface area contributed by atoms with E-state index < -0.39 is 27.5 Å². The van der Waals surface area contributed by atoms with Crippen LogP contribution in [0.4, 0.5) is 9.18 Å². The molecule has 0 saturated carbocycles. The van der Waals surface area contributed by atoms with E-state index in [0.29, 0.717) is 21.3 Å². The number of aliphatic imine (C=N–C) groups is 1. The highest BCUT2D eigenvalue weighted by atomic mass is 35.5. The van der Waals surface area contributed by atoms with Gasteiger partial charge in [-0.25, -0.2) is 27.3 Å². The molecule has 1 heterocycles. The lowest BCUT2D eigenvalue weighted by molar-refractivity contribution is 0.0562. The first-order valence-corrected chi connectivity index (χ1v) is 14.9. The Morgan fingerprint density at radius 3 is 2.07 bits per heavy atom. The average molecular weight is 630 g/mol. The summed E-state index contributed by atoms with van der Waals surface area (Å²) < 4.78 is 46.9. The summed E-state index contributed by atoms with van der Waals surface area (Å²) in [5, 5.41) is 3.52. The second-order valence-electron chi connectivity index (χ2n) is 10.1. The summed E-state index contributed by atoms with van der Waals surface area (Å²) >= 11 is 12.2. The minimum atomic E-state index is -4.23. The van der Waals surface area contributed by atoms with Gasteiger partial charge in [0.2, 0.25) is 5.96 Å². The van der Waals surface area contributed by atoms with Crippen molar-refractivity contribution in [1.29, 1.82) is 0 Å². The summed E-state index contributed by atoms with van der Waals surface area (Å²) in [6.07, 6.45) is 0.688. The number of hydrogen-bond acceptors (Lipinski definition) is 6. The molecule has 218 valence electrons. The van der Waals surface area contributed by atoms with Crippen LogP contribution in [0.25, 0.3) is 22.4 Å². The van der Waals surface area contributed by atoms with Crippen molar-refractivity contribution in [2.75, 3.05) is 0 Å². The molecule has 42 heavy (non-hydrogen) atoms. The third kappa shape index (κ3) is 8.51. The number of amides is 1. The van der Waals surface area contributed by atoms with Gasteiger partial charge in [-0.3, -0.25) is 10.3 Å². The van der Waals surface area contributed by atoms with Gasteiger partial charge in [-0.05, 0) is 86.5 Å². The quantitative estimate of drug-likeness (QED) is 0.173. The van der Waals surface area contributed by atoms with Crippen molar-refractivity contribution >= 4 is 45.3 Å². The van der Waals surface area contributed by atoms with Gasteiger partial charge in [-0.1, -0.05) is 47.5 Å². The lowest BCUT2D eigenvalue weighted by atomic mass is 9.98. The van der Waals surface area contributed by atoms with E-state index in [1.165, 1.54) is 0 Å². The molecule has 2 N–H and O–H groups in total. The van der Waals surface area contributed by atoms with Crippen LogP contribution in [-0.2, 0) is 21.3 Å². The summed E-state index contributed by atoms with van der Waals surface area (Å²) in [5.41, 5.74) is 2.90. The van der Waals surface area contributed by atoms with Gasteiger partial charge in [-0.2, -0.15) is 0 Å². The number of rotatable bonds is 6. The molecule has 3 aromatic carbocycles. The van der Waals surface area contributed by atoms with E-state index >= 15 is 0 Å². The summed E-state index contributed by atoms with van der Waals surface area (Å²) in [4.78, 5) is 21.3. The lowest BCUT2D eigenvalue weighted by Crippen LogP contribution is -2.45. The van der Waals surface area contributed by atoms with Crippen LogP contribution in [-0.4, -0.2) is 31.1 Å². The van der Waals surface area contributed by atoms with Crippen LogP contribution >= 0.6 is 23.2 Å². The standard InChI is InChI=1S/C30H27Cl2FN4O4S/c1-30(2,3)41-29(38)36-28(37-42(39,40)25-14-12-24(33)13-15-25)35-18-19-16-26(20-4-8-22(31)9-5-20)27(34-17-19)21-6-10-23(32)11-7-21/h4-17H,18H2,1-3H3,(H2,35,36,37,38). The summed E-state index contributed by atoms with van der Waals surface area (Å²) in [6, 6.07) is 20.6. The van der Waals surface area contributed by atoms with Gasteiger partial charge < -0.3 is 4.74 Å². The fourth-order valence-electron chi connectivity index (χ4n) is 3.75. The Morgan fingerprint density at radius 1 is 0.929 bits per heavy atom. The van der Waals surface area contributed by atoms with Crippen molar-refractivity contribution in [2.24, 2.45) is 4.99 Å². The van der Waals surface area contributed by atoms with Gasteiger partial charge in [0.15, 0.2) is 0 Å². The molecule has 4 rings (SSSR count). The SMILES string of the molecule is CC(C)(C)OC(=O)NC(=NCc1cnc(-c2ccc(Cl)cc2)c(-c2ccc(Cl)cc2)c1)NS(=O)(=O)c1ccc(F)cc1. The molecule has 0 unspecified atom stereocenters. The molecule has 0 aliphatic carbocycles. The van der Waals surface area contributed by atoms with E-state index in [-0.39, 0.29) is 17.4 Å². The third-order valence-corrected chi connectivity index (χ3v) is 7.47. The van der Waals surface area contributed by atoms with Crippen LogP contribution in [0, 0.1) is 5.82 Å². The average Bonchev–Trinajstić information content (AvgIpc) is 2.91. The zero-order chi connectivity index (χ0) is 30.5. The highest BCUT2D eigenvalue weighted by molar-refractivity contribution is 7.90. The maximum atomic E-state index is 13.4. The van der Waals surface area contributed by atoms with Crippen molar-refractivity contribution in [1.82, 2.24) is 15.0 Å². The molecule has 4 aromatic rings. The smallest absolute Gasteiger partial charge is 0.414 e. The maximum absolute atomic E-state index is 13.4. The Bertz CT molecular complexity index is 1710. The van der Waals surface area contributed by atoms with E-state index in [1.807, 2.05) is 30.3 Å². The number of pyridine rings is 1. The van der Waals surface area contributed by atoms with E-state index in [9.17, 15) is 17.6 Å². The molecule has 0 spiro atoms. The molecule has 0 aliphatic rings. The fraction of sp³-hybridized carbons (Fsp3) is 0.167. The molecule has 0 aliphatic heterocycles. The number of hydrogen-bond donors (Lipinski definition) is 2. The van der Waals surface area contributed by atoms with Crippen LogP contribution in [0.1, 0.15) is 26.3 Å². The van der Waals surface area contributed by atoms with Crippen molar-refractivity contribution in [2.45, 2.75) is 37.8 Å². The monoisotopic (exact) mass is 628 g/mol. The lowest BCUT2D eigenvalue weighted by Gasteiger charge is -2.20. The number of nitrogens with zero attached hydrogens (tertiary/aromatic N) is 2. The van der Waals surface area contributed by atoms with Crippen molar-refractivity contribution < 1.29 is 22.3 Å². The van der Waals surface area contributed by atoms with Gasteiger partial charge in [0.25, 0.3) is 10.0 Å². The van der Waals surface area contributed by atoms with Crippen LogP contribution in [0.5, 0.6) is 0 Å². The summed E-state index contributed by atoms with van der Waals surface area (Å²) in [7, 11) is -4.23. The van der Waals surface area contributed by atoms with Crippen LogP contribution in [0.3, 0.4) is 0 Å². The molecule has 0 fully saturated rings. The normalized spacial score (nSPS) is 12.1. The first-order valence-electron chi connectivity index (χ1n) is 12.6. The number of halogens is 3. The summed E-state index contributed by atoms with van der Waals surface area (Å²) in [5.74, 6) is -0.982. The topological polar surface area (TPSA) is 110 Å². The minimum absolute atomic E-state index is 0.0639. The minimum Gasteiger partial charge on any atom is -0.444 e. The van der Waals surface area contributed by atoms with Crippen LogP contribution in [0.2, 0.25) is 10.0 Å². The summed E-state index contributed by atoms with van der Waals surface area (Å²) in [6.45, 7) is 4.93. The molecular weight excluding hydrogens is 602 g/mol. The Morgan fingerprint density at radius 2 is 1.50 bits per heavy atom. The zero-order valence-corrected chi connectivity index (χ0v) is 25.2. The predicted molar refractivity (Wildman–Crippen MR) is 162 cm³/mol. The van der Waals surface area contributed by atoms with Crippen molar-refractivity contribution in [3.63, 3.8) is 0 Å². The molecule has 0 saturated heterocycles. The maximum Gasteiger partial charge on any atom is 0.414 e. The van der Waals surface area contributed by atoms with Crippen molar-refractivity contribution in [3.8, 4) is 22.4 Å². The van der Waals surface area contributed by atoms with E-state index in [0.717, 1.165) is 41.0 Å². The Balaban J connectivity index is 1.70. The van der Waals surface area contributed by atoms with Crippen molar-refractivity contribution in [3.05, 3.63) is 106 Å². The Kier molecular flexibility index (Phi) is 9.50. The van der Waals surface area contributed by atoms with Crippen LogP contribution < -0.4 is 10.0 Å². The molecule has 1 aromatic heterocycles. The number of nitrogens with one attached hydrogen (secondary N) is 2. The molecule has 0 bridgehead atoms. The first kappa shape index (κ1) is 31.0. The van der Waals surface area contributed by atoms with Gasteiger partial charge in [0.1, 0.15) is 11.4 Å². The highest BCUT2D eigenvalue weighted by Gasteiger charge is 2.22. The number of alkyl carbamates (subject to hydrolysis) is 1. The number of guanidine groups is 1. The van der Waals surface area contributed by atoms with E-state index in [1.54, 1.807) is 51.2 Å². The predicted octanol–water partition coefficient (Wildman–Crippen LogP) is 7.22. The third-order valence-electron chi connectivity index (χ3n) is 5.61. The van der Waals surface area contributed by atoms with E-state index in [4.69, 9.17) is 27.9 Å². The number of carbonyl (C=O) groups excluding carboxylic acids is 1. The second kappa shape index (κ2) is 12.9. The number of aromatic nitrogens is 1. The molecule has 8 nitrogen and oxygen atoms in total. The largest absolute Gasteiger partial charge is 0.444 e. The molecule has 0 atom stereocenters. The molecular formula is C30H27Cl2FN4O4S. The van der Waals surface area contributed by atoms with Gasteiger partial charge in [-0.15, -0.1) is 0 Å². The van der Waals surface area contributed by atoms with Gasteiger partial charge in [0, 0.05) is 27.4 Å². The molecule has 1 amide bonds. The number of carbonyl (C=O) groups is 1. The zero-order valence-electron chi connectivity index (χ0n) is 22.9. The van der Waals surface area contributed by atoms with Gasteiger partial charge in [0.05, 0.1) is 17.1 Å². The number of sulfonamides is 1. The fourth-order valence-corrected chi connectivity index (χ4v) is 4.98. The Hall–Kier alpha value is -3.99. The molecule has 12 heteroatoms.